The average Bonchev–Trinajstić information content (AvgIpc) is 2.85. The van der Waals surface area contributed by atoms with E-state index in [1.807, 2.05) is 0 Å². The van der Waals surface area contributed by atoms with Gasteiger partial charge in [0.1, 0.15) is 0 Å². The number of hydrogen-bond donors (Lipinski definition) is 1. The van der Waals surface area contributed by atoms with E-state index in [9.17, 15) is 4.79 Å². The summed E-state index contributed by atoms with van der Waals surface area (Å²) in [4.78, 5) is 16.0. The number of rotatable bonds is 3. The standard InChI is InChI=1S/C15H25N3OS/c1-11(2)12(3)16-15(20)17-9-6-13(7-10-17)18-8-4-5-14(18)19/h11,13H,3-10H2,1-2H3,(H,16,20). The molecule has 20 heavy (non-hydrogen) atoms. The van der Waals surface area contributed by atoms with E-state index in [1.54, 1.807) is 0 Å². The molecule has 2 saturated heterocycles. The Morgan fingerprint density at radius 1 is 1.35 bits per heavy atom. The van der Waals surface area contributed by atoms with Crippen LogP contribution in [0.3, 0.4) is 0 Å². The normalized spacial score (nSPS) is 20.6. The Morgan fingerprint density at radius 2 is 2.00 bits per heavy atom. The second-order valence-corrected chi connectivity index (χ2v) is 6.41. The number of allylic oxidation sites excluding steroid dienone is 1. The van der Waals surface area contributed by atoms with E-state index in [-0.39, 0.29) is 0 Å². The molecule has 0 radical (unpaired) electrons. The van der Waals surface area contributed by atoms with Crippen LogP contribution in [-0.2, 0) is 4.79 Å². The number of carbonyl (C=O) groups is 1. The molecular weight excluding hydrogens is 270 g/mol. The first kappa shape index (κ1) is 15.3. The van der Waals surface area contributed by atoms with Crippen LogP contribution in [0.5, 0.6) is 0 Å². The molecule has 2 fully saturated rings. The first-order valence-electron chi connectivity index (χ1n) is 7.53. The summed E-state index contributed by atoms with van der Waals surface area (Å²) in [7, 11) is 0. The molecule has 0 unspecified atom stereocenters. The van der Waals surface area contributed by atoms with Gasteiger partial charge in [0.05, 0.1) is 0 Å². The highest BCUT2D eigenvalue weighted by Gasteiger charge is 2.31. The molecule has 2 heterocycles. The third kappa shape index (κ3) is 3.51. The Balaban J connectivity index is 1.80. The van der Waals surface area contributed by atoms with Gasteiger partial charge in [-0.15, -0.1) is 0 Å². The Labute approximate surface area is 127 Å². The monoisotopic (exact) mass is 295 g/mol. The molecule has 0 saturated carbocycles. The van der Waals surface area contributed by atoms with Crippen LogP contribution in [0.15, 0.2) is 12.3 Å². The Morgan fingerprint density at radius 3 is 2.50 bits per heavy atom. The maximum atomic E-state index is 11.8. The minimum atomic E-state index is 0.331. The summed E-state index contributed by atoms with van der Waals surface area (Å²) >= 11 is 5.44. The van der Waals surface area contributed by atoms with Gasteiger partial charge in [-0.25, -0.2) is 0 Å². The van der Waals surface area contributed by atoms with Crippen LogP contribution in [0, 0.1) is 5.92 Å². The number of nitrogens with zero attached hydrogens (tertiary/aromatic N) is 2. The van der Waals surface area contributed by atoms with Crippen molar-refractivity contribution in [2.24, 2.45) is 5.92 Å². The Bertz CT molecular complexity index is 400. The molecule has 2 rings (SSSR count). The summed E-state index contributed by atoms with van der Waals surface area (Å²) in [5.41, 5.74) is 0.965. The molecule has 2 aliphatic heterocycles. The summed E-state index contributed by atoms with van der Waals surface area (Å²) in [5, 5.41) is 4.00. The lowest BCUT2D eigenvalue weighted by Crippen LogP contribution is -2.49. The summed E-state index contributed by atoms with van der Waals surface area (Å²) in [5.74, 6) is 0.713. The van der Waals surface area contributed by atoms with Crippen LogP contribution in [0.4, 0.5) is 0 Å². The maximum absolute atomic E-state index is 11.8. The summed E-state index contributed by atoms with van der Waals surface area (Å²) in [6.45, 7) is 11.0. The molecule has 112 valence electrons. The zero-order chi connectivity index (χ0) is 14.7. The molecule has 4 nitrogen and oxygen atoms in total. The van der Waals surface area contributed by atoms with Crippen molar-refractivity contribution in [3.05, 3.63) is 12.3 Å². The van der Waals surface area contributed by atoms with Crippen LogP contribution in [-0.4, -0.2) is 46.5 Å². The van der Waals surface area contributed by atoms with Crippen molar-refractivity contribution in [2.45, 2.75) is 45.6 Å². The van der Waals surface area contributed by atoms with Crippen LogP contribution < -0.4 is 5.32 Å². The highest BCUT2D eigenvalue weighted by atomic mass is 32.1. The van der Waals surface area contributed by atoms with E-state index in [1.165, 1.54) is 0 Å². The smallest absolute Gasteiger partial charge is 0.222 e. The van der Waals surface area contributed by atoms with Crippen LogP contribution in [0.25, 0.3) is 0 Å². The zero-order valence-corrected chi connectivity index (χ0v) is 13.3. The molecule has 1 amide bonds. The highest BCUT2D eigenvalue weighted by molar-refractivity contribution is 7.80. The fraction of sp³-hybridized carbons (Fsp3) is 0.733. The van der Waals surface area contributed by atoms with Crippen LogP contribution >= 0.6 is 12.2 Å². The minimum Gasteiger partial charge on any atom is -0.349 e. The number of carbonyl (C=O) groups excluding carboxylic acids is 1. The van der Waals surface area contributed by atoms with Crippen molar-refractivity contribution < 1.29 is 4.79 Å². The van der Waals surface area contributed by atoms with Gasteiger partial charge in [-0.05, 0) is 37.4 Å². The van der Waals surface area contributed by atoms with Gasteiger partial charge in [-0.1, -0.05) is 20.4 Å². The van der Waals surface area contributed by atoms with E-state index in [0.717, 1.165) is 56.1 Å². The van der Waals surface area contributed by atoms with Crippen molar-refractivity contribution >= 4 is 23.2 Å². The zero-order valence-electron chi connectivity index (χ0n) is 12.5. The van der Waals surface area contributed by atoms with Gasteiger partial charge in [-0.2, -0.15) is 0 Å². The van der Waals surface area contributed by atoms with Crippen LogP contribution in [0.2, 0.25) is 0 Å². The van der Waals surface area contributed by atoms with Crippen molar-refractivity contribution in [1.29, 1.82) is 0 Å². The molecule has 0 aromatic rings. The molecule has 2 aliphatic rings. The summed E-state index contributed by atoms with van der Waals surface area (Å²) < 4.78 is 0. The fourth-order valence-electron chi connectivity index (χ4n) is 2.80. The first-order valence-corrected chi connectivity index (χ1v) is 7.94. The van der Waals surface area contributed by atoms with E-state index >= 15 is 0 Å². The maximum Gasteiger partial charge on any atom is 0.222 e. The van der Waals surface area contributed by atoms with E-state index < -0.39 is 0 Å². The molecular formula is C15H25N3OS. The molecule has 5 heteroatoms. The number of thiocarbonyl (C=S) groups is 1. The molecule has 0 atom stereocenters. The van der Waals surface area contributed by atoms with Gasteiger partial charge in [0.15, 0.2) is 5.11 Å². The SMILES string of the molecule is C=C(NC(=S)N1CCC(N2CCCC2=O)CC1)C(C)C. The number of piperidine rings is 1. The van der Waals surface area contributed by atoms with Crippen molar-refractivity contribution in [2.75, 3.05) is 19.6 Å². The largest absolute Gasteiger partial charge is 0.349 e. The average molecular weight is 295 g/mol. The van der Waals surface area contributed by atoms with Gasteiger partial charge in [-0.3, -0.25) is 4.79 Å². The first-order chi connectivity index (χ1) is 9.49. The summed E-state index contributed by atoms with van der Waals surface area (Å²) in [6.07, 6.45) is 3.78. The third-order valence-electron chi connectivity index (χ3n) is 4.27. The minimum absolute atomic E-state index is 0.331. The molecule has 0 aromatic carbocycles. The number of likely N-dealkylation sites (tertiary alicyclic amines) is 2. The summed E-state index contributed by atoms with van der Waals surface area (Å²) in [6, 6.07) is 0.414. The van der Waals surface area contributed by atoms with Gasteiger partial charge < -0.3 is 15.1 Å². The lowest BCUT2D eigenvalue weighted by molar-refractivity contribution is -0.130. The van der Waals surface area contributed by atoms with Gasteiger partial charge in [0.25, 0.3) is 0 Å². The second kappa shape index (κ2) is 6.57. The quantitative estimate of drug-likeness (QED) is 0.809. The predicted octanol–water partition coefficient (Wildman–Crippen LogP) is 2.12. The van der Waals surface area contributed by atoms with E-state index in [4.69, 9.17) is 12.2 Å². The Kier molecular flexibility index (Phi) is 5.02. The Hall–Kier alpha value is -1.10. The number of nitrogens with one attached hydrogen (secondary N) is 1. The van der Waals surface area contributed by atoms with Gasteiger partial charge in [0.2, 0.25) is 5.91 Å². The van der Waals surface area contributed by atoms with Gasteiger partial charge in [0, 0.05) is 37.8 Å². The molecule has 0 aromatic heterocycles. The fourth-order valence-corrected chi connectivity index (χ4v) is 3.11. The number of hydrogen-bond acceptors (Lipinski definition) is 2. The van der Waals surface area contributed by atoms with Crippen molar-refractivity contribution in [3.63, 3.8) is 0 Å². The lowest BCUT2D eigenvalue weighted by atomic mass is 10.0. The molecule has 0 aliphatic carbocycles. The van der Waals surface area contributed by atoms with Gasteiger partial charge >= 0.3 is 0 Å². The molecule has 0 spiro atoms. The number of amides is 1. The lowest BCUT2D eigenvalue weighted by Gasteiger charge is -2.38. The molecule has 1 N–H and O–H groups in total. The molecule has 0 bridgehead atoms. The second-order valence-electron chi connectivity index (χ2n) is 6.02. The van der Waals surface area contributed by atoms with Crippen LogP contribution in [0.1, 0.15) is 39.5 Å². The predicted molar refractivity (Wildman–Crippen MR) is 85.3 cm³/mol. The van der Waals surface area contributed by atoms with E-state index in [0.29, 0.717) is 17.9 Å². The third-order valence-corrected chi connectivity index (χ3v) is 4.63. The van der Waals surface area contributed by atoms with Crippen molar-refractivity contribution in [1.82, 2.24) is 15.1 Å². The highest BCUT2D eigenvalue weighted by Crippen LogP contribution is 2.22. The van der Waals surface area contributed by atoms with E-state index in [2.05, 4.69) is 35.5 Å². The topological polar surface area (TPSA) is 35.6 Å². The van der Waals surface area contributed by atoms with Crippen molar-refractivity contribution in [3.8, 4) is 0 Å².